The normalized spacial score (nSPS) is 9.12. The summed E-state index contributed by atoms with van der Waals surface area (Å²) < 4.78 is 11.3. The zero-order valence-corrected chi connectivity index (χ0v) is 12.9. The Morgan fingerprint density at radius 2 is 1.50 bits per heavy atom. The molecule has 1 aromatic carbocycles. The number of alkyl halides is 1. The summed E-state index contributed by atoms with van der Waals surface area (Å²) in [6.45, 7) is 5.30. The van der Waals surface area contributed by atoms with Gasteiger partial charge in [0.15, 0.2) is 0 Å². The molecule has 1 aromatic rings. The van der Waals surface area contributed by atoms with E-state index in [0.717, 1.165) is 16.8 Å². The van der Waals surface area contributed by atoms with Crippen LogP contribution in [-0.2, 0) is 19.2 Å². The molecule has 16 heavy (non-hydrogen) atoms. The van der Waals surface area contributed by atoms with Crippen molar-refractivity contribution < 1.29 is 28.7 Å². The van der Waals surface area contributed by atoms with Crippen LogP contribution in [-0.4, -0.2) is 17.6 Å². The molecule has 0 aliphatic heterocycles. The molecule has 1 atom stereocenters. The molecule has 95 valence electrons. The number of ether oxygens (including phenoxy) is 2. The van der Waals surface area contributed by atoms with E-state index < -0.39 is 0 Å². The second-order valence-electron chi connectivity index (χ2n) is 2.69. The van der Waals surface area contributed by atoms with Crippen molar-refractivity contribution in [2.24, 2.45) is 0 Å². The second-order valence-corrected chi connectivity index (χ2v) is 4.77. The molecule has 1 unspecified atom stereocenters. The SMILES string of the molecule is CCOc1cc(P)cc(OCC)c1.Cl[CH2][Pd]. The van der Waals surface area contributed by atoms with Crippen LogP contribution in [0.5, 0.6) is 11.5 Å². The molecule has 0 aliphatic rings. The molecule has 0 fully saturated rings. The van der Waals surface area contributed by atoms with Gasteiger partial charge in [-0.15, -0.1) is 9.24 Å². The molecule has 0 saturated heterocycles. The van der Waals surface area contributed by atoms with E-state index in [4.69, 9.17) is 21.1 Å². The number of benzene rings is 1. The summed E-state index contributed by atoms with van der Waals surface area (Å²) >= 11 is 7.64. The van der Waals surface area contributed by atoms with Gasteiger partial charge < -0.3 is 9.47 Å². The van der Waals surface area contributed by atoms with Crippen LogP contribution < -0.4 is 14.8 Å². The van der Waals surface area contributed by atoms with Crippen molar-refractivity contribution in [1.29, 1.82) is 0 Å². The molecule has 5 heteroatoms. The average molecular weight is 354 g/mol. The second kappa shape index (κ2) is 10.4. The first-order chi connectivity index (χ1) is 7.67. The van der Waals surface area contributed by atoms with Crippen molar-refractivity contribution in [3.63, 3.8) is 0 Å². The zero-order chi connectivity index (χ0) is 12.4. The van der Waals surface area contributed by atoms with Crippen molar-refractivity contribution in [2.75, 3.05) is 17.6 Å². The molecule has 0 spiro atoms. The predicted molar refractivity (Wildman–Crippen MR) is 68.8 cm³/mol. The van der Waals surface area contributed by atoms with Crippen LogP contribution in [0.1, 0.15) is 13.8 Å². The Bertz CT molecular complexity index is 273. The standard InChI is InChI=1S/C10H15O2P.CH2Cl.Pd/c1-3-11-8-5-9(12-4-2)7-10(13)6-8;1-2;/h5-7H,3-4,13H2,1-2H3;1H2;. The maximum atomic E-state index is 5.38. The van der Waals surface area contributed by atoms with E-state index in [1.54, 1.807) is 0 Å². The summed E-state index contributed by atoms with van der Waals surface area (Å²) in [5.74, 6) is 1.72. The fourth-order valence-electron chi connectivity index (χ4n) is 1.09. The quantitative estimate of drug-likeness (QED) is 0.470. The third-order valence-electron chi connectivity index (χ3n) is 1.52. The number of hydrogen-bond acceptors (Lipinski definition) is 2. The topological polar surface area (TPSA) is 18.5 Å². The van der Waals surface area contributed by atoms with Crippen molar-refractivity contribution in [2.45, 2.75) is 13.8 Å². The van der Waals surface area contributed by atoms with Gasteiger partial charge in [-0.2, -0.15) is 0 Å². The minimum absolute atomic E-state index is 0.572. The van der Waals surface area contributed by atoms with E-state index in [-0.39, 0.29) is 0 Å². The first-order valence-corrected chi connectivity index (χ1v) is 7.12. The van der Waals surface area contributed by atoms with Crippen LogP contribution in [0.2, 0.25) is 0 Å². The molecule has 0 bridgehead atoms. The Labute approximate surface area is 116 Å². The molecule has 0 N–H and O–H groups in total. The first kappa shape index (κ1) is 16.2. The Morgan fingerprint density at radius 3 is 1.81 bits per heavy atom. The fourth-order valence-corrected chi connectivity index (χ4v) is 1.42. The number of rotatable bonds is 4. The van der Waals surface area contributed by atoms with Gasteiger partial charge in [0.25, 0.3) is 0 Å². The van der Waals surface area contributed by atoms with Crippen LogP contribution in [0.3, 0.4) is 0 Å². The third-order valence-corrected chi connectivity index (χ3v) is 1.86. The summed E-state index contributed by atoms with van der Waals surface area (Å²) in [4.78, 5) is 0. The zero-order valence-electron chi connectivity index (χ0n) is 9.44. The Hall–Kier alpha value is 0.202. The van der Waals surface area contributed by atoms with E-state index in [1.807, 2.05) is 32.0 Å². The number of halogens is 1. The summed E-state index contributed by atoms with van der Waals surface area (Å²) in [6.07, 6.45) is 0. The molecule has 1 rings (SSSR count). The summed E-state index contributed by atoms with van der Waals surface area (Å²) in [5, 5.41) is 1.08. The van der Waals surface area contributed by atoms with Crippen molar-refractivity contribution in [1.82, 2.24) is 0 Å². The molecular weight excluding hydrogens is 337 g/mol. The van der Waals surface area contributed by atoms with Gasteiger partial charge in [0.05, 0.1) is 13.2 Å². The van der Waals surface area contributed by atoms with Gasteiger partial charge in [0.2, 0.25) is 0 Å². The van der Waals surface area contributed by atoms with E-state index in [2.05, 4.69) is 28.4 Å². The van der Waals surface area contributed by atoms with Crippen LogP contribution >= 0.6 is 20.8 Å². The van der Waals surface area contributed by atoms with Crippen LogP contribution in [0.25, 0.3) is 0 Å². The van der Waals surface area contributed by atoms with Gasteiger partial charge in [0, 0.05) is 6.07 Å². The molecular formula is C11H17ClO2PPd. The van der Waals surface area contributed by atoms with Crippen molar-refractivity contribution >= 4 is 26.1 Å². The summed E-state index contributed by atoms with van der Waals surface area (Å²) in [6, 6.07) is 5.84. The Kier molecular flexibility index (Phi) is 10.5. The van der Waals surface area contributed by atoms with E-state index >= 15 is 0 Å². The molecule has 0 saturated carbocycles. The van der Waals surface area contributed by atoms with Crippen LogP contribution in [0, 0.1) is 0 Å². The van der Waals surface area contributed by atoms with E-state index in [1.165, 1.54) is 0 Å². The Morgan fingerprint density at radius 1 is 1.12 bits per heavy atom. The maximum absolute atomic E-state index is 5.38. The third kappa shape index (κ3) is 7.47. The van der Waals surface area contributed by atoms with Crippen LogP contribution in [0.15, 0.2) is 18.2 Å². The summed E-state index contributed by atoms with van der Waals surface area (Å²) in [5.41, 5.74) is 0. The van der Waals surface area contributed by atoms with E-state index in [0.29, 0.717) is 17.6 Å². The minimum atomic E-state index is 0.572. The van der Waals surface area contributed by atoms with Gasteiger partial charge in [-0.1, -0.05) is 0 Å². The van der Waals surface area contributed by atoms with Gasteiger partial charge in [-0.25, -0.2) is 0 Å². The van der Waals surface area contributed by atoms with Gasteiger partial charge in [0.1, 0.15) is 11.5 Å². The molecule has 2 nitrogen and oxygen atoms in total. The van der Waals surface area contributed by atoms with Gasteiger partial charge >= 0.3 is 35.2 Å². The molecule has 0 amide bonds. The fraction of sp³-hybridized carbons (Fsp3) is 0.455. The molecule has 0 aromatic heterocycles. The monoisotopic (exact) mass is 353 g/mol. The van der Waals surface area contributed by atoms with Gasteiger partial charge in [-0.3, -0.25) is 0 Å². The first-order valence-electron chi connectivity index (χ1n) is 4.91. The van der Waals surface area contributed by atoms with Crippen LogP contribution in [0.4, 0.5) is 0 Å². The Balaban J connectivity index is 0.000000673. The molecule has 0 aliphatic carbocycles. The van der Waals surface area contributed by atoms with Crippen molar-refractivity contribution in [3.8, 4) is 11.5 Å². The average Bonchev–Trinajstić information content (AvgIpc) is 2.18. The van der Waals surface area contributed by atoms with Gasteiger partial charge in [-0.05, 0) is 31.3 Å². The predicted octanol–water partition coefficient (Wildman–Crippen LogP) is 2.71. The number of hydrogen-bond donors (Lipinski definition) is 0. The van der Waals surface area contributed by atoms with Crippen molar-refractivity contribution in [3.05, 3.63) is 18.2 Å². The molecule has 0 radical (unpaired) electrons. The molecule has 0 heterocycles. The summed E-state index contributed by atoms with van der Waals surface area (Å²) in [7, 11) is 2.64. The van der Waals surface area contributed by atoms with E-state index in [9.17, 15) is 0 Å².